The third-order valence-corrected chi connectivity index (χ3v) is 6.40. The number of hydrogen-bond acceptors (Lipinski definition) is 7. The molecule has 156 valence electrons. The van der Waals surface area contributed by atoms with E-state index in [-0.39, 0.29) is 11.1 Å². The second-order valence-electron chi connectivity index (χ2n) is 7.25. The van der Waals surface area contributed by atoms with Crippen LogP contribution >= 0.6 is 11.3 Å². The molecule has 0 bridgehead atoms. The van der Waals surface area contributed by atoms with E-state index in [1.165, 1.54) is 11.3 Å². The first-order valence-electron chi connectivity index (χ1n) is 10.1. The summed E-state index contributed by atoms with van der Waals surface area (Å²) in [4.78, 5) is 4.58. The molecule has 2 aromatic carbocycles. The molecule has 0 radical (unpaired) electrons. The Kier molecular flexibility index (Phi) is 5.10. The van der Waals surface area contributed by atoms with Crippen molar-refractivity contribution >= 4 is 39.0 Å². The van der Waals surface area contributed by atoms with Gasteiger partial charge in [0, 0.05) is 22.8 Å². The summed E-state index contributed by atoms with van der Waals surface area (Å²) in [5.41, 5.74) is 3.62. The molecule has 4 aromatic rings. The van der Waals surface area contributed by atoms with Crippen molar-refractivity contribution in [3.05, 3.63) is 94.3 Å². The number of fused-ring (bicyclic) bond motifs is 2. The second-order valence-corrected chi connectivity index (χ2v) is 8.28. The SMILES string of the molecule is N#CC(C#N)=C1C(=Cc2cc3sc(-c4ccccc4)nc3o2)C(=C(C#N)C#N)c2ccccc21. The molecule has 1 aliphatic rings. The van der Waals surface area contributed by atoms with Gasteiger partial charge in [-0.1, -0.05) is 54.6 Å². The number of allylic oxidation sites excluding steroid dienone is 5. The van der Waals surface area contributed by atoms with E-state index < -0.39 is 0 Å². The molecule has 0 amide bonds. The fourth-order valence-electron chi connectivity index (χ4n) is 3.96. The zero-order chi connectivity index (χ0) is 23.7. The maximum Gasteiger partial charge on any atom is 0.238 e. The van der Waals surface area contributed by atoms with Gasteiger partial charge in [0.05, 0.1) is 4.70 Å². The Bertz CT molecular complexity index is 1600. The summed E-state index contributed by atoms with van der Waals surface area (Å²) in [7, 11) is 0. The fraction of sp³-hybridized carbons (Fsp3) is 0. The molecule has 0 aliphatic heterocycles. The first kappa shape index (κ1) is 20.7. The van der Waals surface area contributed by atoms with Crippen LogP contribution in [-0.4, -0.2) is 4.98 Å². The van der Waals surface area contributed by atoms with Gasteiger partial charge < -0.3 is 4.42 Å². The number of hydrogen-bond donors (Lipinski definition) is 0. The molecule has 6 nitrogen and oxygen atoms in total. The lowest BCUT2D eigenvalue weighted by Crippen LogP contribution is -1.89. The molecule has 2 heterocycles. The number of furan rings is 1. The van der Waals surface area contributed by atoms with Crippen LogP contribution in [0.2, 0.25) is 0 Å². The van der Waals surface area contributed by atoms with Crippen LogP contribution in [0.15, 0.2) is 81.8 Å². The van der Waals surface area contributed by atoms with Gasteiger partial charge in [-0.15, -0.1) is 11.3 Å². The number of rotatable bonds is 2. The maximum atomic E-state index is 9.62. The smallest absolute Gasteiger partial charge is 0.238 e. The standard InChI is InChI=1S/C27H11N5OS/c28-12-17(13-29)24-20-8-4-5-9-21(20)25(18(14-30)15-31)22(24)10-19-11-23-26(33-19)32-27(34-23)16-6-2-1-3-7-16/h1-11H. The number of nitrogens with zero attached hydrogens (tertiary/aromatic N) is 5. The zero-order valence-corrected chi connectivity index (χ0v) is 18.2. The van der Waals surface area contributed by atoms with Crippen LogP contribution in [0.25, 0.3) is 38.2 Å². The number of benzene rings is 2. The average molecular weight is 453 g/mol. The Morgan fingerprint density at radius 3 is 1.88 bits per heavy atom. The quantitative estimate of drug-likeness (QED) is 0.330. The Morgan fingerprint density at radius 2 is 1.35 bits per heavy atom. The van der Waals surface area contributed by atoms with Gasteiger partial charge in [0.15, 0.2) is 0 Å². The van der Waals surface area contributed by atoms with Gasteiger partial charge >= 0.3 is 0 Å². The van der Waals surface area contributed by atoms with E-state index in [9.17, 15) is 21.0 Å². The summed E-state index contributed by atoms with van der Waals surface area (Å²) < 4.78 is 6.80. The van der Waals surface area contributed by atoms with Crippen molar-refractivity contribution in [1.82, 2.24) is 4.98 Å². The van der Waals surface area contributed by atoms with Crippen molar-refractivity contribution in [3.8, 4) is 34.8 Å². The van der Waals surface area contributed by atoms with Gasteiger partial charge in [-0.25, -0.2) is 4.98 Å². The van der Waals surface area contributed by atoms with Crippen LogP contribution in [0.1, 0.15) is 16.9 Å². The molecule has 0 saturated heterocycles. The summed E-state index contributed by atoms with van der Waals surface area (Å²) in [5, 5.41) is 39.3. The van der Waals surface area contributed by atoms with Crippen LogP contribution in [0.5, 0.6) is 0 Å². The van der Waals surface area contributed by atoms with E-state index in [2.05, 4.69) is 4.98 Å². The van der Waals surface area contributed by atoms with Crippen molar-refractivity contribution in [2.45, 2.75) is 0 Å². The van der Waals surface area contributed by atoms with E-state index in [0.29, 0.717) is 39.3 Å². The Morgan fingerprint density at radius 1 is 0.794 bits per heavy atom. The van der Waals surface area contributed by atoms with Crippen LogP contribution in [-0.2, 0) is 0 Å². The minimum Gasteiger partial charge on any atom is -0.437 e. The Hall–Kier alpha value is -5.21. The summed E-state index contributed by atoms with van der Waals surface area (Å²) >= 11 is 1.48. The fourth-order valence-corrected chi connectivity index (χ4v) is 4.90. The van der Waals surface area contributed by atoms with Crippen molar-refractivity contribution in [2.24, 2.45) is 0 Å². The van der Waals surface area contributed by atoms with Gasteiger partial charge in [0.2, 0.25) is 5.71 Å². The number of thiazole rings is 1. The zero-order valence-electron chi connectivity index (χ0n) is 17.4. The lowest BCUT2D eigenvalue weighted by molar-refractivity contribution is 0.593. The predicted octanol–water partition coefficient (Wildman–Crippen LogP) is 6.26. The highest BCUT2D eigenvalue weighted by molar-refractivity contribution is 7.21. The monoisotopic (exact) mass is 453 g/mol. The lowest BCUT2D eigenvalue weighted by atomic mass is 9.96. The molecule has 0 fully saturated rings. The minimum absolute atomic E-state index is 0.109. The molecule has 0 N–H and O–H groups in total. The summed E-state index contributed by atoms with van der Waals surface area (Å²) in [6, 6.07) is 26.4. The van der Waals surface area contributed by atoms with Gasteiger partial charge in [0.25, 0.3) is 0 Å². The first-order chi connectivity index (χ1) is 16.7. The van der Waals surface area contributed by atoms with Crippen molar-refractivity contribution < 1.29 is 4.42 Å². The highest BCUT2D eigenvalue weighted by Crippen LogP contribution is 2.49. The summed E-state index contributed by atoms with van der Waals surface area (Å²) in [6.45, 7) is 0. The Balaban J connectivity index is 1.73. The topological polar surface area (TPSA) is 121 Å². The summed E-state index contributed by atoms with van der Waals surface area (Å²) in [6.07, 6.45) is 1.66. The van der Waals surface area contributed by atoms with E-state index in [0.717, 1.165) is 15.3 Å². The third-order valence-electron chi connectivity index (χ3n) is 5.37. The average Bonchev–Trinajstić information content (AvgIpc) is 3.53. The first-order valence-corrected chi connectivity index (χ1v) is 10.9. The lowest BCUT2D eigenvalue weighted by Gasteiger charge is -2.04. The van der Waals surface area contributed by atoms with Crippen LogP contribution in [0.3, 0.4) is 0 Å². The highest BCUT2D eigenvalue weighted by Gasteiger charge is 2.32. The molecule has 2 aromatic heterocycles. The number of nitriles is 4. The number of aromatic nitrogens is 1. The predicted molar refractivity (Wildman–Crippen MR) is 128 cm³/mol. The molecule has 7 heteroatoms. The molecule has 0 atom stereocenters. The minimum atomic E-state index is -0.109. The van der Waals surface area contributed by atoms with Gasteiger partial charge in [-0.2, -0.15) is 21.0 Å². The molecule has 34 heavy (non-hydrogen) atoms. The van der Waals surface area contributed by atoms with Crippen LogP contribution in [0.4, 0.5) is 0 Å². The van der Waals surface area contributed by atoms with Crippen molar-refractivity contribution in [2.75, 3.05) is 0 Å². The maximum absolute atomic E-state index is 9.62. The van der Waals surface area contributed by atoms with E-state index in [1.54, 1.807) is 30.3 Å². The van der Waals surface area contributed by atoms with E-state index in [4.69, 9.17) is 4.42 Å². The molecule has 1 aliphatic carbocycles. The largest absolute Gasteiger partial charge is 0.437 e. The normalized spacial score (nSPS) is 11.8. The molecular weight excluding hydrogens is 442 g/mol. The molecule has 5 rings (SSSR count). The van der Waals surface area contributed by atoms with Gasteiger partial charge in [-0.3, -0.25) is 0 Å². The highest BCUT2D eigenvalue weighted by atomic mass is 32.1. The third kappa shape index (κ3) is 3.27. The van der Waals surface area contributed by atoms with Gasteiger partial charge in [0.1, 0.15) is 46.2 Å². The Labute approximate surface area is 198 Å². The summed E-state index contributed by atoms with van der Waals surface area (Å²) in [5.74, 6) is 0.441. The van der Waals surface area contributed by atoms with Crippen molar-refractivity contribution in [1.29, 1.82) is 21.0 Å². The molecule has 0 saturated carbocycles. The van der Waals surface area contributed by atoms with E-state index >= 15 is 0 Å². The van der Waals surface area contributed by atoms with Gasteiger partial charge in [-0.05, 0) is 22.8 Å². The van der Waals surface area contributed by atoms with Crippen LogP contribution < -0.4 is 0 Å². The molecular formula is C27H11N5OS. The molecule has 0 unspecified atom stereocenters. The second kappa shape index (κ2) is 8.38. The van der Waals surface area contributed by atoms with Crippen LogP contribution in [0, 0.1) is 45.3 Å². The van der Waals surface area contributed by atoms with Crippen molar-refractivity contribution in [3.63, 3.8) is 0 Å². The molecule has 0 spiro atoms. The van der Waals surface area contributed by atoms with E-state index in [1.807, 2.05) is 60.7 Å².